The third kappa shape index (κ3) is 5.00. The minimum Gasteiger partial charge on any atom is -0.380 e. The van der Waals surface area contributed by atoms with Crippen molar-refractivity contribution in [3.63, 3.8) is 0 Å². The first-order valence-electron chi connectivity index (χ1n) is 7.64. The number of carbonyl (C=O) groups is 2. The highest BCUT2D eigenvalue weighted by atomic mass is 32.1. The highest BCUT2D eigenvalue weighted by Crippen LogP contribution is 2.09. The molecule has 1 fully saturated rings. The monoisotopic (exact) mass is 341 g/mol. The van der Waals surface area contributed by atoms with Crippen LogP contribution in [0.25, 0.3) is 0 Å². The van der Waals surface area contributed by atoms with E-state index in [-0.39, 0.29) is 0 Å². The van der Waals surface area contributed by atoms with E-state index in [2.05, 4.69) is 10.6 Å². The summed E-state index contributed by atoms with van der Waals surface area (Å²) in [5.74, 6) is -0.938. The lowest BCUT2D eigenvalue weighted by atomic mass is 10.1. The van der Waals surface area contributed by atoms with E-state index in [1.165, 1.54) is 7.11 Å². The number of hydrogen-bond donors (Lipinski definition) is 3. The molecule has 1 aromatic rings. The van der Waals surface area contributed by atoms with E-state index >= 15 is 0 Å². The van der Waals surface area contributed by atoms with Gasteiger partial charge in [0.25, 0.3) is 11.8 Å². The average molecular weight is 341 g/mol. The van der Waals surface area contributed by atoms with E-state index in [9.17, 15) is 14.7 Å². The van der Waals surface area contributed by atoms with Crippen LogP contribution in [0.15, 0.2) is 17.5 Å². The van der Waals surface area contributed by atoms with Gasteiger partial charge in [-0.25, -0.2) is 0 Å². The fraction of sp³-hybridized carbons (Fsp3) is 0.600. The van der Waals surface area contributed by atoms with E-state index in [1.54, 1.807) is 16.2 Å². The van der Waals surface area contributed by atoms with E-state index in [0.717, 1.165) is 4.88 Å². The molecule has 2 amide bonds. The van der Waals surface area contributed by atoms with Gasteiger partial charge in [-0.3, -0.25) is 9.59 Å². The number of piperazine rings is 1. The van der Waals surface area contributed by atoms with E-state index < -0.39 is 24.0 Å². The zero-order chi connectivity index (χ0) is 16.7. The molecule has 2 heterocycles. The lowest BCUT2D eigenvalue weighted by Gasteiger charge is -2.31. The van der Waals surface area contributed by atoms with Crippen molar-refractivity contribution in [3.05, 3.63) is 22.4 Å². The van der Waals surface area contributed by atoms with Gasteiger partial charge in [-0.2, -0.15) is 0 Å². The van der Waals surface area contributed by atoms with E-state index in [1.807, 2.05) is 17.5 Å². The average Bonchev–Trinajstić information content (AvgIpc) is 3.09. The summed E-state index contributed by atoms with van der Waals surface area (Å²) in [4.78, 5) is 27.1. The molecule has 1 unspecified atom stereocenters. The van der Waals surface area contributed by atoms with E-state index in [0.29, 0.717) is 39.1 Å². The van der Waals surface area contributed by atoms with Gasteiger partial charge in [0, 0.05) is 44.7 Å². The third-order valence-corrected chi connectivity index (χ3v) is 4.67. The molecule has 1 aliphatic rings. The summed E-state index contributed by atoms with van der Waals surface area (Å²) in [6, 6.07) is 3.95. The lowest BCUT2D eigenvalue weighted by molar-refractivity contribution is -0.155. The van der Waals surface area contributed by atoms with Gasteiger partial charge in [-0.1, -0.05) is 6.07 Å². The molecule has 1 aromatic heterocycles. The third-order valence-electron chi connectivity index (χ3n) is 3.73. The van der Waals surface area contributed by atoms with Crippen LogP contribution in [0.2, 0.25) is 0 Å². The molecule has 0 spiro atoms. The van der Waals surface area contributed by atoms with Crippen molar-refractivity contribution >= 4 is 23.2 Å². The normalized spacial score (nSPS) is 17.6. The molecule has 2 rings (SSSR count). The molecule has 3 N–H and O–H groups in total. The molecule has 128 valence electrons. The number of nitrogens with one attached hydrogen (secondary N) is 2. The molecule has 0 radical (unpaired) electrons. The highest BCUT2D eigenvalue weighted by molar-refractivity contribution is 7.09. The van der Waals surface area contributed by atoms with Crippen LogP contribution >= 0.6 is 11.3 Å². The number of thiophene rings is 1. The number of nitrogens with zero attached hydrogens (tertiary/aromatic N) is 1. The Bertz CT molecular complexity index is 503. The van der Waals surface area contributed by atoms with Crippen molar-refractivity contribution in [1.82, 2.24) is 15.5 Å². The Morgan fingerprint density at radius 2 is 2.22 bits per heavy atom. The smallest absolute Gasteiger partial charge is 0.254 e. The maximum Gasteiger partial charge on any atom is 0.254 e. The minimum absolute atomic E-state index is 0.438. The number of hydrogen-bond acceptors (Lipinski definition) is 6. The standard InChI is InChI=1S/C15H23N3O4S/c1-22-13(12(19)15(21)18-8-6-16-7-9-18)14(20)17-5-4-11-3-2-10-23-11/h2-3,10,12-13,16,19H,4-9H2,1H3,(H,17,20)/t12-,13?/m1/s1. The topological polar surface area (TPSA) is 90.9 Å². The first-order chi connectivity index (χ1) is 11.1. The first kappa shape index (κ1) is 17.9. The number of ether oxygens (including phenoxy) is 1. The van der Waals surface area contributed by atoms with Gasteiger partial charge in [0.2, 0.25) is 0 Å². The number of carbonyl (C=O) groups excluding carboxylic acids is 2. The van der Waals surface area contributed by atoms with Gasteiger partial charge in [-0.15, -0.1) is 11.3 Å². The van der Waals surface area contributed by atoms with Gasteiger partial charge in [-0.05, 0) is 17.9 Å². The number of aliphatic hydroxyl groups is 1. The summed E-state index contributed by atoms with van der Waals surface area (Å²) in [6.45, 7) is 2.85. The maximum atomic E-state index is 12.3. The van der Waals surface area contributed by atoms with Crippen molar-refractivity contribution < 1.29 is 19.4 Å². The fourth-order valence-electron chi connectivity index (χ4n) is 2.45. The Hall–Kier alpha value is -1.48. The molecular weight excluding hydrogens is 318 g/mol. The van der Waals surface area contributed by atoms with Gasteiger partial charge in [0.05, 0.1) is 0 Å². The first-order valence-corrected chi connectivity index (χ1v) is 8.52. The number of methoxy groups -OCH3 is 1. The summed E-state index contributed by atoms with van der Waals surface area (Å²) in [5, 5.41) is 18.0. The van der Waals surface area contributed by atoms with Gasteiger partial charge >= 0.3 is 0 Å². The molecular formula is C15H23N3O4S. The summed E-state index contributed by atoms with van der Waals surface area (Å²) in [6.07, 6.45) is -1.97. The summed E-state index contributed by atoms with van der Waals surface area (Å²) < 4.78 is 5.05. The van der Waals surface area contributed by atoms with Crippen LogP contribution in [0.3, 0.4) is 0 Å². The fourth-order valence-corrected chi connectivity index (χ4v) is 3.15. The summed E-state index contributed by atoms with van der Waals surface area (Å²) in [5.41, 5.74) is 0. The zero-order valence-corrected chi connectivity index (χ0v) is 14.0. The van der Waals surface area contributed by atoms with Gasteiger partial charge in [0.15, 0.2) is 12.2 Å². The van der Waals surface area contributed by atoms with Crippen LogP contribution in [0.4, 0.5) is 0 Å². The van der Waals surface area contributed by atoms with Gasteiger partial charge in [0.1, 0.15) is 0 Å². The SMILES string of the molecule is COC(C(=O)NCCc1cccs1)[C@@H](O)C(=O)N1CCNCC1. The molecule has 0 aromatic carbocycles. The van der Waals surface area contributed by atoms with Crippen molar-refractivity contribution in [2.45, 2.75) is 18.6 Å². The molecule has 8 heteroatoms. The van der Waals surface area contributed by atoms with Crippen molar-refractivity contribution in [2.75, 3.05) is 39.8 Å². The molecule has 0 saturated carbocycles. The molecule has 23 heavy (non-hydrogen) atoms. The van der Waals surface area contributed by atoms with Crippen molar-refractivity contribution in [3.8, 4) is 0 Å². The second-order valence-electron chi connectivity index (χ2n) is 5.30. The largest absolute Gasteiger partial charge is 0.380 e. The summed E-state index contributed by atoms with van der Waals surface area (Å²) in [7, 11) is 1.32. The molecule has 1 saturated heterocycles. The number of rotatable bonds is 7. The second kappa shape index (κ2) is 8.97. The number of amides is 2. The Balaban J connectivity index is 1.83. The van der Waals surface area contributed by atoms with Crippen LogP contribution in [0.1, 0.15) is 4.88 Å². The van der Waals surface area contributed by atoms with Crippen molar-refractivity contribution in [1.29, 1.82) is 0 Å². The molecule has 7 nitrogen and oxygen atoms in total. The van der Waals surface area contributed by atoms with E-state index in [4.69, 9.17) is 4.74 Å². The Labute approximate surface area is 139 Å². The molecule has 1 aliphatic heterocycles. The molecule has 0 bridgehead atoms. The van der Waals surface area contributed by atoms with Crippen LogP contribution in [-0.2, 0) is 20.7 Å². The second-order valence-corrected chi connectivity index (χ2v) is 6.33. The van der Waals surface area contributed by atoms with Crippen molar-refractivity contribution in [2.24, 2.45) is 0 Å². The minimum atomic E-state index is -1.49. The Kier molecular flexibility index (Phi) is 6.97. The van der Waals surface area contributed by atoms with Crippen LogP contribution in [0, 0.1) is 0 Å². The van der Waals surface area contributed by atoms with Crippen LogP contribution in [-0.4, -0.2) is 73.9 Å². The zero-order valence-electron chi connectivity index (χ0n) is 13.2. The number of aliphatic hydroxyl groups excluding tert-OH is 1. The van der Waals surface area contributed by atoms with Crippen LogP contribution in [0.5, 0.6) is 0 Å². The quantitative estimate of drug-likeness (QED) is 0.605. The predicted octanol–water partition coefficient (Wildman–Crippen LogP) is -0.785. The lowest BCUT2D eigenvalue weighted by Crippen LogP contribution is -2.55. The molecule has 2 atom stereocenters. The summed E-state index contributed by atoms with van der Waals surface area (Å²) >= 11 is 1.62. The Morgan fingerprint density at radius 3 is 2.83 bits per heavy atom. The molecule has 0 aliphatic carbocycles. The highest BCUT2D eigenvalue weighted by Gasteiger charge is 2.35. The van der Waals surface area contributed by atoms with Crippen LogP contribution < -0.4 is 10.6 Å². The predicted molar refractivity (Wildman–Crippen MR) is 87.3 cm³/mol. The maximum absolute atomic E-state index is 12.3. The Morgan fingerprint density at radius 1 is 1.48 bits per heavy atom. The van der Waals surface area contributed by atoms with Gasteiger partial charge < -0.3 is 25.4 Å².